The Bertz CT molecular complexity index is 186. The highest BCUT2D eigenvalue weighted by Crippen LogP contribution is 2.43. The summed E-state index contributed by atoms with van der Waals surface area (Å²) in [5.41, 5.74) is 0. The average Bonchev–Trinajstić information content (AvgIpc) is 2.44. The van der Waals surface area contributed by atoms with Crippen LogP contribution in [0.1, 0.15) is 19.3 Å². The van der Waals surface area contributed by atoms with Crippen LogP contribution in [-0.4, -0.2) is 17.7 Å². The van der Waals surface area contributed by atoms with E-state index in [-0.39, 0.29) is 6.42 Å². The largest absolute Gasteiger partial charge is 0.422 e. The maximum atomic E-state index is 10.6. The Morgan fingerprint density at radius 2 is 1.60 bits per heavy atom. The Morgan fingerprint density at radius 1 is 1.10 bits per heavy atom. The summed E-state index contributed by atoms with van der Waals surface area (Å²) >= 11 is 0. The number of rotatable bonds is 0. The number of hydrogen-bond donors (Lipinski definition) is 0. The second kappa shape index (κ2) is 1.51. The molecule has 2 rings (SSSR count). The molecule has 54 valence electrons. The van der Waals surface area contributed by atoms with Gasteiger partial charge in [-0.1, -0.05) is 0 Å². The molecule has 0 unspecified atom stereocenters. The summed E-state index contributed by atoms with van der Waals surface area (Å²) in [6, 6.07) is 0. The molecule has 1 saturated carbocycles. The van der Waals surface area contributed by atoms with Crippen molar-refractivity contribution in [2.75, 3.05) is 0 Å². The summed E-state index contributed by atoms with van der Waals surface area (Å²) in [5.74, 6) is -1.76. The molecule has 0 atom stereocenters. The van der Waals surface area contributed by atoms with Crippen LogP contribution in [0.2, 0.25) is 0 Å². The van der Waals surface area contributed by atoms with E-state index in [2.05, 4.69) is 0 Å². The highest BCUT2D eigenvalue weighted by molar-refractivity contribution is 5.93. The van der Waals surface area contributed by atoms with Crippen molar-refractivity contribution in [2.24, 2.45) is 0 Å². The fourth-order valence-electron chi connectivity index (χ4n) is 0.932. The van der Waals surface area contributed by atoms with Crippen molar-refractivity contribution in [3.05, 3.63) is 0 Å². The first-order valence-corrected chi connectivity index (χ1v) is 3.14. The minimum atomic E-state index is -0.827. The average molecular weight is 142 g/mol. The van der Waals surface area contributed by atoms with Gasteiger partial charge in [-0.3, -0.25) is 9.59 Å². The van der Waals surface area contributed by atoms with Crippen molar-refractivity contribution in [3.63, 3.8) is 0 Å². The molecule has 2 fully saturated rings. The summed E-state index contributed by atoms with van der Waals surface area (Å²) < 4.78 is 9.55. The molecule has 1 heterocycles. The molecular formula is C6H6O4. The van der Waals surface area contributed by atoms with Gasteiger partial charge in [0.2, 0.25) is 0 Å². The SMILES string of the molecule is O=C1CC(=O)OC2(CC2)O1. The molecule has 10 heavy (non-hydrogen) atoms. The van der Waals surface area contributed by atoms with Gasteiger partial charge in [-0.05, 0) is 0 Å². The molecule has 0 aromatic rings. The van der Waals surface area contributed by atoms with Crippen molar-refractivity contribution < 1.29 is 19.1 Å². The van der Waals surface area contributed by atoms with Crippen LogP contribution in [-0.2, 0) is 19.1 Å². The normalized spacial score (nSPS) is 27.6. The maximum Gasteiger partial charge on any atom is 0.320 e. The second-order valence-electron chi connectivity index (χ2n) is 2.54. The molecule has 0 amide bonds. The third kappa shape index (κ3) is 0.761. The minimum Gasteiger partial charge on any atom is -0.422 e. The molecule has 1 saturated heterocycles. The van der Waals surface area contributed by atoms with E-state index in [1.807, 2.05) is 0 Å². The lowest BCUT2D eigenvalue weighted by Crippen LogP contribution is -2.33. The Labute approximate surface area is 57.1 Å². The Balaban J connectivity index is 2.14. The van der Waals surface area contributed by atoms with E-state index in [0.717, 1.165) is 0 Å². The fraction of sp³-hybridized carbons (Fsp3) is 0.667. The fourth-order valence-corrected chi connectivity index (χ4v) is 0.932. The van der Waals surface area contributed by atoms with Crippen molar-refractivity contribution >= 4 is 11.9 Å². The molecule has 4 nitrogen and oxygen atoms in total. The lowest BCUT2D eigenvalue weighted by Gasteiger charge is -2.21. The van der Waals surface area contributed by atoms with Crippen LogP contribution in [0, 0.1) is 0 Å². The number of carbonyl (C=O) groups is 2. The van der Waals surface area contributed by atoms with Gasteiger partial charge in [0.05, 0.1) is 0 Å². The van der Waals surface area contributed by atoms with Gasteiger partial charge in [-0.25, -0.2) is 0 Å². The van der Waals surface area contributed by atoms with Crippen LogP contribution in [0.15, 0.2) is 0 Å². The van der Waals surface area contributed by atoms with Gasteiger partial charge in [0.25, 0.3) is 5.79 Å². The Kier molecular flexibility index (Phi) is 0.859. The van der Waals surface area contributed by atoms with Gasteiger partial charge >= 0.3 is 11.9 Å². The predicted molar refractivity (Wildman–Crippen MR) is 28.8 cm³/mol. The molecule has 0 aromatic heterocycles. The second-order valence-corrected chi connectivity index (χ2v) is 2.54. The van der Waals surface area contributed by atoms with Crippen LogP contribution >= 0.6 is 0 Å². The number of ether oxygens (including phenoxy) is 2. The molecule has 2 aliphatic rings. The van der Waals surface area contributed by atoms with E-state index in [0.29, 0.717) is 12.8 Å². The molecule has 0 bridgehead atoms. The first-order valence-electron chi connectivity index (χ1n) is 3.14. The topological polar surface area (TPSA) is 52.6 Å². The van der Waals surface area contributed by atoms with Gasteiger partial charge in [-0.2, -0.15) is 0 Å². The first-order chi connectivity index (χ1) is 4.70. The molecule has 0 radical (unpaired) electrons. The van der Waals surface area contributed by atoms with Gasteiger partial charge in [0.15, 0.2) is 0 Å². The van der Waals surface area contributed by atoms with E-state index < -0.39 is 17.7 Å². The zero-order valence-corrected chi connectivity index (χ0v) is 5.25. The van der Waals surface area contributed by atoms with Crippen molar-refractivity contribution in [2.45, 2.75) is 25.0 Å². The minimum absolute atomic E-state index is 0.234. The van der Waals surface area contributed by atoms with E-state index in [1.54, 1.807) is 0 Å². The molecule has 1 aliphatic heterocycles. The lowest BCUT2D eigenvalue weighted by molar-refractivity contribution is -0.211. The molecule has 0 N–H and O–H groups in total. The smallest absolute Gasteiger partial charge is 0.320 e. The van der Waals surface area contributed by atoms with Gasteiger partial charge in [-0.15, -0.1) is 0 Å². The number of carbonyl (C=O) groups excluding carboxylic acids is 2. The van der Waals surface area contributed by atoms with Crippen LogP contribution < -0.4 is 0 Å². The van der Waals surface area contributed by atoms with Crippen molar-refractivity contribution in [1.82, 2.24) is 0 Å². The van der Waals surface area contributed by atoms with Crippen LogP contribution in [0.5, 0.6) is 0 Å². The molecule has 0 aromatic carbocycles. The van der Waals surface area contributed by atoms with Gasteiger partial charge < -0.3 is 9.47 Å². The standard InChI is InChI=1S/C6H6O4/c7-4-3-5(8)10-6(9-4)1-2-6/h1-3H2. The molecular weight excluding hydrogens is 136 g/mol. The zero-order chi connectivity index (χ0) is 7.19. The maximum absolute atomic E-state index is 10.6. The summed E-state index contributed by atoms with van der Waals surface area (Å²) in [6.07, 6.45) is 1.08. The summed E-state index contributed by atoms with van der Waals surface area (Å²) in [5, 5.41) is 0. The molecule has 1 spiro atoms. The van der Waals surface area contributed by atoms with E-state index >= 15 is 0 Å². The summed E-state index contributed by atoms with van der Waals surface area (Å²) in [4.78, 5) is 21.2. The van der Waals surface area contributed by atoms with E-state index in [1.165, 1.54) is 0 Å². The van der Waals surface area contributed by atoms with E-state index in [4.69, 9.17) is 9.47 Å². The van der Waals surface area contributed by atoms with Crippen molar-refractivity contribution in [3.8, 4) is 0 Å². The quantitative estimate of drug-likeness (QED) is 0.352. The third-order valence-electron chi connectivity index (χ3n) is 1.55. The van der Waals surface area contributed by atoms with Gasteiger partial charge in [0, 0.05) is 12.8 Å². The first kappa shape index (κ1) is 5.70. The molecule has 1 aliphatic carbocycles. The summed E-state index contributed by atoms with van der Waals surface area (Å²) in [6.45, 7) is 0. The van der Waals surface area contributed by atoms with Gasteiger partial charge in [0.1, 0.15) is 6.42 Å². The lowest BCUT2D eigenvalue weighted by atomic mass is 10.4. The Hall–Kier alpha value is -1.06. The third-order valence-corrected chi connectivity index (χ3v) is 1.55. The van der Waals surface area contributed by atoms with Crippen LogP contribution in [0.3, 0.4) is 0 Å². The Morgan fingerprint density at radius 3 is 2.00 bits per heavy atom. The predicted octanol–water partition coefficient (Wildman–Crippen LogP) is -0.0334. The van der Waals surface area contributed by atoms with Crippen LogP contribution in [0.4, 0.5) is 0 Å². The zero-order valence-electron chi connectivity index (χ0n) is 5.25. The number of esters is 2. The van der Waals surface area contributed by atoms with Crippen LogP contribution in [0.25, 0.3) is 0 Å². The van der Waals surface area contributed by atoms with Crippen molar-refractivity contribution in [1.29, 1.82) is 0 Å². The van der Waals surface area contributed by atoms with E-state index in [9.17, 15) is 9.59 Å². The summed E-state index contributed by atoms with van der Waals surface area (Å²) in [7, 11) is 0. The number of hydrogen-bond acceptors (Lipinski definition) is 4. The molecule has 4 heteroatoms. The monoisotopic (exact) mass is 142 g/mol. The highest BCUT2D eigenvalue weighted by Gasteiger charge is 2.54. The highest BCUT2D eigenvalue weighted by atomic mass is 16.8.